The highest BCUT2D eigenvalue weighted by molar-refractivity contribution is 6.05. The van der Waals surface area contributed by atoms with E-state index in [9.17, 15) is 4.79 Å². The lowest BCUT2D eigenvalue weighted by atomic mass is 10.0. The SMILES string of the molecule is CC(C)[C@@H](C)Nc1c(C(N)=O)cnc2[nH]ccc12. The second-order valence-electron chi connectivity index (χ2n) is 4.83. The van der Waals surface area contributed by atoms with Gasteiger partial charge in [0, 0.05) is 23.8 Å². The fraction of sp³-hybridized carbons (Fsp3) is 0.385. The number of aromatic nitrogens is 2. The summed E-state index contributed by atoms with van der Waals surface area (Å²) in [5.41, 5.74) is 7.33. The van der Waals surface area contributed by atoms with E-state index in [-0.39, 0.29) is 6.04 Å². The highest BCUT2D eigenvalue weighted by Crippen LogP contribution is 2.26. The fourth-order valence-electron chi connectivity index (χ4n) is 1.74. The molecule has 0 bridgehead atoms. The average molecular weight is 246 g/mol. The van der Waals surface area contributed by atoms with Crippen LogP contribution in [0, 0.1) is 5.92 Å². The Morgan fingerprint density at radius 2 is 2.17 bits per heavy atom. The number of nitrogens with one attached hydrogen (secondary N) is 2. The number of hydrogen-bond donors (Lipinski definition) is 3. The number of fused-ring (bicyclic) bond motifs is 1. The normalized spacial score (nSPS) is 12.9. The number of nitrogens with zero attached hydrogens (tertiary/aromatic N) is 1. The molecule has 4 N–H and O–H groups in total. The van der Waals surface area contributed by atoms with E-state index < -0.39 is 5.91 Å². The summed E-state index contributed by atoms with van der Waals surface area (Å²) in [6, 6.07) is 2.13. The molecule has 0 aromatic carbocycles. The largest absolute Gasteiger partial charge is 0.381 e. The van der Waals surface area contributed by atoms with Crippen molar-refractivity contribution >= 4 is 22.6 Å². The van der Waals surface area contributed by atoms with Crippen LogP contribution < -0.4 is 11.1 Å². The summed E-state index contributed by atoms with van der Waals surface area (Å²) in [5, 5.41) is 4.25. The van der Waals surface area contributed by atoms with E-state index in [1.807, 2.05) is 6.07 Å². The highest BCUT2D eigenvalue weighted by Gasteiger charge is 2.16. The van der Waals surface area contributed by atoms with Crippen molar-refractivity contribution in [1.82, 2.24) is 9.97 Å². The molecule has 1 atom stereocenters. The Labute approximate surface area is 106 Å². The number of rotatable bonds is 4. The third-order valence-corrected chi connectivity index (χ3v) is 3.22. The minimum absolute atomic E-state index is 0.239. The molecule has 96 valence electrons. The molecule has 0 fully saturated rings. The Kier molecular flexibility index (Phi) is 3.23. The van der Waals surface area contributed by atoms with Gasteiger partial charge in [-0.2, -0.15) is 0 Å². The van der Waals surface area contributed by atoms with Crippen LogP contribution in [-0.2, 0) is 0 Å². The number of hydrogen-bond acceptors (Lipinski definition) is 3. The average Bonchev–Trinajstić information content (AvgIpc) is 2.76. The Morgan fingerprint density at radius 3 is 2.78 bits per heavy atom. The van der Waals surface area contributed by atoms with Gasteiger partial charge in [0.15, 0.2) is 0 Å². The molecular weight excluding hydrogens is 228 g/mol. The van der Waals surface area contributed by atoms with Gasteiger partial charge in [-0.1, -0.05) is 13.8 Å². The van der Waals surface area contributed by atoms with Gasteiger partial charge in [0.2, 0.25) is 0 Å². The fourth-order valence-corrected chi connectivity index (χ4v) is 1.74. The first-order valence-electron chi connectivity index (χ1n) is 6.03. The maximum absolute atomic E-state index is 11.5. The highest BCUT2D eigenvalue weighted by atomic mass is 16.1. The number of anilines is 1. The smallest absolute Gasteiger partial charge is 0.252 e. The predicted molar refractivity (Wildman–Crippen MR) is 72.5 cm³/mol. The van der Waals surface area contributed by atoms with Gasteiger partial charge >= 0.3 is 0 Å². The standard InChI is InChI=1S/C13H18N4O/c1-7(2)8(3)17-11-9-4-5-15-13(9)16-6-10(11)12(14)18/h4-8H,1-3H3,(H2,14,18)(H2,15,16,17)/t8-/m1/s1. The van der Waals surface area contributed by atoms with Crippen molar-refractivity contribution in [2.24, 2.45) is 11.7 Å². The summed E-state index contributed by atoms with van der Waals surface area (Å²) in [4.78, 5) is 18.7. The number of carbonyl (C=O) groups is 1. The van der Waals surface area contributed by atoms with E-state index in [1.54, 1.807) is 6.20 Å². The van der Waals surface area contributed by atoms with Crippen molar-refractivity contribution < 1.29 is 4.79 Å². The lowest BCUT2D eigenvalue weighted by molar-refractivity contribution is 0.100. The van der Waals surface area contributed by atoms with Crippen LogP contribution in [-0.4, -0.2) is 21.9 Å². The number of nitrogens with two attached hydrogens (primary N) is 1. The second-order valence-corrected chi connectivity index (χ2v) is 4.83. The third kappa shape index (κ3) is 2.16. The van der Waals surface area contributed by atoms with Crippen molar-refractivity contribution in [1.29, 1.82) is 0 Å². The molecule has 0 saturated heterocycles. The van der Waals surface area contributed by atoms with Crippen molar-refractivity contribution in [3.63, 3.8) is 0 Å². The lowest BCUT2D eigenvalue weighted by Crippen LogP contribution is -2.24. The molecule has 0 aliphatic carbocycles. The summed E-state index contributed by atoms with van der Waals surface area (Å²) in [6.45, 7) is 6.32. The lowest BCUT2D eigenvalue weighted by Gasteiger charge is -2.20. The molecule has 0 spiro atoms. The third-order valence-electron chi connectivity index (χ3n) is 3.22. The number of primary amides is 1. The van der Waals surface area contributed by atoms with E-state index in [0.29, 0.717) is 11.5 Å². The van der Waals surface area contributed by atoms with Crippen LogP contribution in [0.3, 0.4) is 0 Å². The van der Waals surface area contributed by atoms with Crippen LogP contribution in [0.25, 0.3) is 11.0 Å². The van der Waals surface area contributed by atoms with Crippen LogP contribution >= 0.6 is 0 Å². The quantitative estimate of drug-likeness (QED) is 0.772. The molecule has 18 heavy (non-hydrogen) atoms. The second kappa shape index (κ2) is 4.68. The monoisotopic (exact) mass is 246 g/mol. The first-order valence-corrected chi connectivity index (χ1v) is 6.03. The molecule has 1 amide bonds. The molecular formula is C13H18N4O. The first-order chi connectivity index (χ1) is 8.50. The van der Waals surface area contributed by atoms with E-state index >= 15 is 0 Å². The van der Waals surface area contributed by atoms with Crippen molar-refractivity contribution in [2.45, 2.75) is 26.8 Å². The Balaban J connectivity index is 2.53. The summed E-state index contributed by atoms with van der Waals surface area (Å²) in [5.74, 6) is -0.0167. The molecule has 0 saturated carbocycles. The van der Waals surface area contributed by atoms with Crippen molar-refractivity contribution in [3.8, 4) is 0 Å². The summed E-state index contributed by atoms with van der Waals surface area (Å²) in [7, 11) is 0. The molecule has 0 aliphatic rings. The number of H-pyrrole nitrogens is 1. The van der Waals surface area contributed by atoms with Crippen LogP contribution in [0.4, 0.5) is 5.69 Å². The molecule has 2 heterocycles. The van der Waals surface area contributed by atoms with Gasteiger partial charge in [-0.3, -0.25) is 4.79 Å². The predicted octanol–water partition coefficient (Wildman–Crippen LogP) is 2.12. The van der Waals surface area contributed by atoms with Gasteiger partial charge < -0.3 is 16.0 Å². The Morgan fingerprint density at radius 1 is 1.44 bits per heavy atom. The number of pyridine rings is 1. The topological polar surface area (TPSA) is 83.8 Å². The van der Waals surface area contributed by atoms with Crippen LogP contribution in [0.2, 0.25) is 0 Å². The van der Waals surface area contributed by atoms with Gasteiger partial charge in [0.05, 0.1) is 11.3 Å². The zero-order valence-electron chi connectivity index (χ0n) is 10.8. The Hall–Kier alpha value is -2.04. The van der Waals surface area contributed by atoms with Crippen molar-refractivity contribution in [2.75, 3.05) is 5.32 Å². The van der Waals surface area contributed by atoms with Gasteiger partial charge in [-0.05, 0) is 18.9 Å². The number of aromatic amines is 1. The molecule has 5 heteroatoms. The van der Waals surface area contributed by atoms with E-state index in [1.165, 1.54) is 6.20 Å². The Bertz CT molecular complexity index is 573. The maximum atomic E-state index is 11.5. The molecule has 0 aliphatic heterocycles. The van der Waals surface area contributed by atoms with Gasteiger partial charge in [0.1, 0.15) is 5.65 Å². The molecule has 2 rings (SSSR count). The van der Waals surface area contributed by atoms with Gasteiger partial charge in [-0.25, -0.2) is 4.98 Å². The number of amides is 1. The minimum atomic E-state index is -0.468. The summed E-state index contributed by atoms with van der Waals surface area (Å²) >= 11 is 0. The van der Waals surface area contributed by atoms with Crippen LogP contribution in [0.1, 0.15) is 31.1 Å². The molecule has 0 radical (unpaired) electrons. The molecule has 5 nitrogen and oxygen atoms in total. The van der Waals surface area contributed by atoms with Gasteiger partial charge in [0.25, 0.3) is 5.91 Å². The zero-order chi connectivity index (χ0) is 13.3. The molecule has 2 aromatic heterocycles. The molecule has 0 unspecified atom stereocenters. The summed E-state index contributed by atoms with van der Waals surface area (Å²) < 4.78 is 0. The number of carbonyl (C=O) groups excluding carboxylic acids is 1. The van der Waals surface area contributed by atoms with Crippen molar-refractivity contribution in [3.05, 3.63) is 24.0 Å². The summed E-state index contributed by atoms with van der Waals surface area (Å²) in [6.07, 6.45) is 3.31. The van der Waals surface area contributed by atoms with E-state index in [2.05, 4.69) is 36.1 Å². The van der Waals surface area contributed by atoms with Crippen LogP contribution in [0.5, 0.6) is 0 Å². The van der Waals surface area contributed by atoms with E-state index in [4.69, 9.17) is 5.73 Å². The van der Waals surface area contributed by atoms with Gasteiger partial charge in [-0.15, -0.1) is 0 Å². The first kappa shape index (κ1) is 12.4. The minimum Gasteiger partial charge on any atom is -0.381 e. The molecule has 2 aromatic rings. The zero-order valence-corrected chi connectivity index (χ0v) is 10.8. The maximum Gasteiger partial charge on any atom is 0.252 e. The van der Waals surface area contributed by atoms with E-state index in [0.717, 1.165) is 16.7 Å². The van der Waals surface area contributed by atoms with Crippen LogP contribution in [0.15, 0.2) is 18.5 Å².